The van der Waals surface area contributed by atoms with Crippen LogP contribution >= 0.6 is 24.8 Å². The fraction of sp³-hybridized carbons (Fsp3) is 0.368. The number of aromatic nitrogens is 1. The van der Waals surface area contributed by atoms with Gasteiger partial charge in [-0.1, -0.05) is 44.2 Å². The quantitative estimate of drug-likeness (QED) is 0.860. The molecule has 2 aromatic rings. The highest BCUT2D eigenvalue weighted by atomic mass is 35.5. The minimum Gasteiger partial charge on any atom is -0.338 e. The molecule has 0 spiro atoms. The first-order valence-corrected chi connectivity index (χ1v) is 8.03. The first kappa shape index (κ1) is 21.4. The van der Waals surface area contributed by atoms with E-state index >= 15 is 0 Å². The van der Waals surface area contributed by atoms with Gasteiger partial charge in [0.25, 0.3) is 5.91 Å². The van der Waals surface area contributed by atoms with Crippen LogP contribution < -0.4 is 5.73 Å². The molecule has 1 amide bonds. The fourth-order valence-corrected chi connectivity index (χ4v) is 3.08. The molecule has 0 aliphatic carbocycles. The Balaban J connectivity index is 0.00000156. The van der Waals surface area contributed by atoms with Crippen molar-refractivity contribution in [3.63, 3.8) is 0 Å². The largest absolute Gasteiger partial charge is 0.338 e. The number of rotatable bonds is 2. The molecule has 0 bridgehead atoms. The number of benzene rings is 1. The average molecular weight is 382 g/mol. The molecule has 1 aromatic carbocycles. The van der Waals surface area contributed by atoms with E-state index in [2.05, 4.69) is 18.8 Å². The Hall–Kier alpha value is -1.62. The number of amides is 1. The number of hydrogen-bond acceptors (Lipinski definition) is 3. The van der Waals surface area contributed by atoms with Crippen molar-refractivity contribution in [2.75, 3.05) is 13.1 Å². The van der Waals surface area contributed by atoms with E-state index in [4.69, 9.17) is 5.73 Å². The molecule has 0 saturated carbocycles. The number of halogens is 2. The number of pyridine rings is 1. The maximum absolute atomic E-state index is 12.8. The molecule has 136 valence electrons. The minimum atomic E-state index is -0.0572. The molecule has 1 aliphatic rings. The zero-order valence-electron chi connectivity index (χ0n) is 14.5. The predicted octanol–water partition coefficient (Wildman–Crippen LogP) is 3.79. The summed E-state index contributed by atoms with van der Waals surface area (Å²) in [6.45, 7) is 5.63. The summed E-state index contributed by atoms with van der Waals surface area (Å²) < 4.78 is 0. The number of likely N-dealkylation sites (tertiary alicyclic amines) is 1. The van der Waals surface area contributed by atoms with Crippen molar-refractivity contribution in [3.05, 3.63) is 54.4 Å². The van der Waals surface area contributed by atoms with E-state index in [1.807, 2.05) is 41.3 Å². The van der Waals surface area contributed by atoms with Crippen molar-refractivity contribution in [2.45, 2.75) is 26.3 Å². The van der Waals surface area contributed by atoms with Crippen LogP contribution in [-0.4, -0.2) is 34.9 Å². The lowest BCUT2D eigenvalue weighted by molar-refractivity contribution is 0.0532. The highest BCUT2D eigenvalue weighted by Crippen LogP contribution is 2.29. The fourth-order valence-electron chi connectivity index (χ4n) is 3.08. The van der Waals surface area contributed by atoms with Gasteiger partial charge in [0, 0.05) is 37.1 Å². The lowest BCUT2D eigenvalue weighted by atomic mass is 9.79. The van der Waals surface area contributed by atoms with Crippen LogP contribution in [0.25, 0.3) is 11.1 Å². The van der Waals surface area contributed by atoms with Gasteiger partial charge >= 0.3 is 0 Å². The van der Waals surface area contributed by atoms with Crippen LogP contribution in [0.15, 0.2) is 48.8 Å². The van der Waals surface area contributed by atoms with E-state index in [0.29, 0.717) is 18.7 Å². The molecule has 1 fully saturated rings. The second kappa shape index (κ2) is 8.65. The van der Waals surface area contributed by atoms with Crippen molar-refractivity contribution < 1.29 is 4.79 Å². The number of hydrogen-bond donors (Lipinski definition) is 1. The van der Waals surface area contributed by atoms with Crippen LogP contribution in [0.1, 0.15) is 30.6 Å². The van der Waals surface area contributed by atoms with Gasteiger partial charge in [0.05, 0.1) is 5.56 Å². The lowest BCUT2D eigenvalue weighted by Gasteiger charge is -2.42. The molecule has 1 unspecified atom stereocenters. The maximum Gasteiger partial charge on any atom is 0.255 e. The van der Waals surface area contributed by atoms with Crippen molar-refractivity contribution in [1.82, 2.24) is 9.88 Å². The van der Waals surface area contributed by atoms with Crippen molar-refractivity contribution in [3.8, 4) is 11.1 Å². The van der Waals surface area contributed by atoms with Gasteiger partial charge in [-0.15, -0.1) is 24.8 Å². The molecule has 1 aromatic heterocycles. The van der Waals surface area contributed by atoms with Gasteiger partial charge in [-0.05, 0) is 23.5 Å². The molecule has 2 N–H and O–H groups in total. The zero-order valence-corrected chi connectivity index (χ0v) is 16.1. The van der Waals surface area contributed by atoms with Crippen LogP contribution in [0.5, 0.6) is 0 Å². The van der Waals surface area contributed by atoms with Gasteiger partial charge < -0.3 is 10.6 Å². The Morgan fingerprint density at radius 1 is 1.16 bits per heavy atom. The van der Waals surface area contributed by atoms with E-state index in [0.717, 1.165) is 17.5 Å². The summed E-state index contributed by atoms with van der Waals surface area (Å²) >= 11 is 0. The van der Waals surface area contributed by atoms with Crippen LogP contribution in [0.3, 0.4) is 0 Å². The van der Waals surface area contributed by atoms with E-state index in [1.165, 1.54) is 0 Å². The highest BCUT2D eigenvalue weighted by Gasteiger charge is 2.35. The van der Waals surface area contributed by atoms with E-state index in [9.17, 15) is 4.79 Å². The minimum absolute atomic E-state index is 0. The number of nitrogens with two attached hydrogens (primary N) is 1. The standard InChI is InChI=1S/C19H23N3O.2ClH/c1-19(2)13-22(9-8-17(19)20)18(23)16-10-15(11-21-12-16)14-6-4-3-5-7-14;;/h3-7,10-12,17H,8-9,13,20H2,1-2H3;2*1H. The molecule has 2 heterocycles. The summed E-state index contributed by atoms with van der Waals surface area (Å²) in [4.78, 5) is 19.0. The molecule has 4 nitrogen and oxygen atoms in total. The first-order chi connectivity index (χ1) is 11.0. The first-order valence-electron chi connectivity index (χ1n) is 8.03. The summed E-state index contributed by atoms with van der Waals surface area (Å²) in [5.41, 5.74) is 8.77. The number of carbonyl (C=O) groups excluding carboxylic acids is 1. The van der Waals surface area contributed by atoms with Crippen LogP contribution in [0.2, 0.25) is 0 Å². The SMILES string of the molecule is CC1(C)CN(C(=O)c2cncc(-c3ccccc3)c2)CCC1N.Cl.Cl. The van der Waals surface area contributed by atoms with Crippen molar-refractivity contribution >= 4 is 30.7 Å². The third-order valence-corrected chi connectivity index (χ3v) is 4.69. The average Bonchev–Trinajstić information content (AvgIpc) is 2.57. The van der Waals surface area contributed by atoms with Crippen LogP contribution in [0.4, 0.5) is 0 Å². The molecule has 1 atom stereocenters. The number of piperidine rings is 1. The summed E-state index contributed by atoms with van der Waals surface area (Å²) in [7, 11) is 0. The van der Waals surface area contributed by atoms with E-state index in [-0.39, 0.29) is 42.2 Å². The van der Waals surface area contributed by atoms with Gasteiger partial charge in [-0.25, -0.2) is 0 Å². The van der Waals surface area contributed by atoms with Gasteiger partial charge in [-0.3, -0.25) is 9.78 Å². The zero-order chi connectivity index (χ0) is 16.4. The number of nitrogens with zero attached hydrogens (tertiary/aromatic N) is 2. The molecule has 1 aliphatic heterocycles. The predicted molar refractivity (Wildman–Crippen MR) is 106 cm³/mol. The molecule has 3 rings (SSSR count). The summed E-state index contributed by atoms with van der Waals surface area (Å²) in [5.74, 6) is 0.0373. The van der Waals surface area contributed by atoms with Gasteiger partial charge in [0.15, 0.2) is 0 Å². The van der Waals surface area contributed by atoms with Gasteiger partial charge in [0.2, 0.25) is 0 Å². The Kier molecular flexibility index (Phi) is 7.42. The summed E-state index contributed by atoms with van der Waals surface area (Å²) in [6.07, 6.45) is 4.28. The third-order valence-electron chi connectivity index (χ3n) is 4.69. The Bertz CT molecular complexity index is 707. The lowest BCUT2D eigenvalue weighted by Crippen LogP contribution is -2.54. The molecule has 0 radical (unpaired) electrons. The molecule has 1 saturated heterocycles. The van der Waals surface area contributed by atoms with E-state index < -0.39 is 0 Å². The van der Waals surface area contributed by atoms with Crippen molar-refractivity contribution in [2.24, 2.45) is 11.1 Å². The Morgan fingerprint density at radius 2 is 1.84 bits per heavy atom. The van der Waals surface area contributed by atoms with Gasteiger partial charge in [-0.2, -0.15) is 0 Å². The maximum atomic E-state index is 12.8. The number of carbonyl (C=O) groups is 1. The summed E-state index contributed by atoms with van der Waals surface area (Å²) in [6, 6.07) is 12.1. The molecule has 25 heavy (non-hydrogen) atoms. The second-order valence-corrected chi connectivity index (χ2v) is 6.94. The van der Waals surface area contributed by atoms with Crippen LogP contribution in [-0.2, 0) is 0 Å². The molecular weight excluding hydrogens is 357 g/mol. The monoisotopic (exact) mass is 381 g/mol. The van der Waals surface area contributed by atoms with Crippen molar-refractivity contribution in [1.29, 1.82) is 0 Å². The normalized spacial score (nSPS) is 18.7. The Labute approximate surface area is 161 Å². The smallest absolute Gasteiger partial charge is 0.255 e. The van der Waals surface area contributed by atoms with Gasteiger partial charge in [0.1, 0.15) is 0 Å². The highest BCUT2D eigenvalue weighted by molar-refractivity contribution is 5.95. The molecular formula is C19H25Cl2N3O. The molecule has 6 heteroatoms. The Morgan fingerprint density at radius 3 is 2.48 bits per heavy atom. The summed E-state index contributed by atoms with van der Waals surface area (Å²) in [5, 5.41) is 0. The second-order valence-electron chi connectivity index (χ2n) is 6.94. The van der Waals surface area contributed by atoms with E-state index in [1.54, 1.807) is 12.4 Å². The third kappa shape index (κ3) is 4.72. The topological polar surface area (TPSA) is 59.2 Å². The van der Waals surface area contributed by atoms with Crippen LogP contribution in [0, 0.1) is 5.41 Å².